The van der Waals surface area contributed by atoms with Gasteiger partial charge in [-0.15, -0.1) is 0 Å². The summed E-state index contributed by atoms with van der Waals surface area (Å²) in [6, 6.07) is 8.27. The summed E-state index contributed by atoms with van der Waals surface area (Å²) < 4.78 is 5.55. The molecule has 11 nitrogen and oxygen atoms in total. The Kier molecular flexibility index (Phi) is 7.84. The average Bonchev–Trinajstić information content (AvgIpc) is 2.90. The first-order valence-corrected chi connectivity index (χ1v) is 12.4. The van der Waals surface area contributed by atoms with Crippen LogP contribution in [-0.4, -0.2) is 71.2 Å². The molecule has 0 bridgehead atoms. The summed E-state index contributed by atoms with van der Waals surface area (Å²) in [7, 11) is 2.91. The standard InChI is InChI=1S/C28H30N2O9/c1-38-21-6-3-14(13-30-39-2)9-18(21)17-4-5-20(32)25-19(17)11-15-10-16(7-8-31)28(37,22(33)12-23(29)34)27(36)24(15)26(25)35/h3-6,9,13,15-16,24,31-32,37H,7-8,10-12H2,1-2H3,(H2,29,34)/b30-13-/t15-,16-,24?,28-/m1/s1. The molecule has 206 valence electrons. The van der Waals surface area contributed by atoms with Gasteiger partial charge in [0.2, 0.25) is 5.91 Å². The quantitative estimate of drug-likeness (QED) is 0.206. The Morgan fingerprint density at radius 1 is 1.18 bits per heavy atom. The van der Waals surface area contributed by atoms with E-state index in [-0.39, 0.29) is 30.6 Å². The molecule has 0 aromatic heterocycles. The van der Waals surface area contributed by atoms with Gasteiger partial charge in [0.05, 0.1) is 31.2 Å². The predicted octanol–water partition coefficient (Wildman–Crippen LogP) is 1.17. The van der Waals surface area contributed by atoms with Gasteiger partial charge < -0.3 is 30.6 Å². The van der Waals surface area contributed by atoms with Crippen molar-refractivity contribution in [1.29, 1.82) is 0 Å². The molecule has 0 spiro atoms. The van der Waals surface area contributed by atoms with Crippen LogP contribution in [0.4, 0.5) is 0 Å². The van der Waals surface area contributed by atoms with Gasteiger partial charge in [-0.25, -0.2) is 0 Å². The number of amides is 1. The maximum atomic E-state index is 13.8. The summed E-state index contributed by atoms with van der Waals surface area (Å²) >= 11 is 0. The van der Waals surface area contributed by atoms with E-state index in [0.29, 0.717) is 28.0 Å². The third-order valence-corrected chi connectivity index (χ3v) is 7.65. The molecular weight excluding hydrogens is 508 g/mol. The van der Waals surface area contributed by atoms with Gasteiger partial charge in [0.1, 0.15) is 18.6 Å². The molecule has 5 N–H and O–H groups in total. The van der Waals surface area contributed by atoms with Gasteiger partial charge in [-0.2, -0.15) is 0 Å². The van der Waals surface area contributed by atoms with Crippen LogP contribution in [-0.2, 0) is 25.6 Å². The molecule has 1 fully saturated rings. The highest BCUT2D eigenvalue weighted by Crippen LogP contribution is 2.50. The second-order valence-electron chi connectivity index (χ2n) is 9.81. The van der Waals surface area contributed by atoms with E-state index in [0.717, 1.165) is 0 Å². The van der Waals surface area contributed by atoms with Crippen molar-refractivity contribution in [2.75, 3.05) is 20.8 Å². The number of benzene rings is 2. The molecule has 11 heteroatoms. The number of phenolic OH excluding ortho intramolecular Hbond substituents is 1. The number of aromatic hydroxyl groups is 1. The zero-order chi connectivity index (χ0) is 28.5. The first-order valence-electron chi connectivity index (χ1n) is 12.4. The first kappa shape index (κ1) is 27.9. The largest absolute Gasteiger partial charge is 0.507 e. The molecule has 4 rings (SSSR count). The molecule has 0 aliphatic heterocycles. The van der Waals surface area contributed by atoms with Crippen LogP contribution in [0, 0.1) is 17.8 Å². The molecule has 1 amide bonds. The van der Waals surface area contributed by atoms with Crippen molar-refractivity contribution in [3.05, 3.63) is 47.0 Å². The highest BCUT2D eigenvalue weighted by Gasteiger charge is 2.60. The number of aliphatic hydroxyl groups is 2. The van der Waals surface area contributed by atoms with Crippen LogP contribution in [0.3, 0.4) is 0 Å². The number of aliphatic hydroxyl groups excluding tert-OH is 1. The Hall–Kier alpha value is -4.09. The zero-order valence-electron chi connectivity index (χ0n) is 21.5. The van der Waals surface area contributed by atoms with Crippen LogP contribution in [0.2, 0.25) is 0 Å². The van der Waals surface area contributed by atoms with Crippen LogP contribution >= 0.6 is 0 Å². The number of nitrogens with two attached hydrogens (primary N) is 1. The van der Waals surface area contributed by atoms with Crippen molar-refractivity contribution in [2.24, 2.45) is 28.6 Å². The van der Waals surface area contributed by atoms with Crippen LogP contribution in [0.25, 0.3) is 11.1 Å². The minimum atomic E-state index is -2.66. The Morgan fingerprint density at radius 2 is 1.92 bits per heavy atom. The van der Waals surface area contributed by atoms with Gasteiger partial charge in [0.25, 0.3) is 0 Å². The summed E-state index contributed by atoms with van der Waals surface area (Å²) in [5.41, 5.74) is 4.79. The van der Waals surface area contributed by atoms with E-state index >= 15 is 0 Å². The number of rotatable bonds is 9. The highest BCUT2D eigenvalue weighted by atomic mass is 16.6. The lowest BCUT2D eigenvalue weighted by atomic mass is 9.57. The number of hydrogen-bond acceptors (Lipinski definition) is 10. The molecule has 0 saturated heterocycles. The van der Waals surface area contributed by atoms with E-state index < -0.39 is 59.6 Å². The highest BCUT2D eigenvalue weighted by molar-refractivity contribution is 6.24. The lowest BCUT2D eigenvalue weighted by Gasteiger charge is -2.46. The van der Waals surface area contributed by atoms with Crippen molar-refractivity contribution < 1.29 is 44.1 Å². The maximum Gasteiger partial charge on any atom is 0.225 e. The topological polar surface area (TPSA) is 186 Å². The number of carbonyl (C=O) groups is 4. The van der Waals surface area contributed by atoms with Crippen LogP contribution in [0.15, 0.2) is 35.5 Å². The van der Waals surface area contributed by atoms with E-state index in [1.54, 1.807) is 24.3 Å². The number of fused-ring (bicyclic) bond motifs is 2. The minimum Gasteiger partial charge on any atom is -0.507 e. The monoisotopic (exact) mass is 538 g/mol. The molecule has 2 aliphatic rings. The molecule has 1 unspecified atom stereocenters. The second-order valence-corrected chi connectivity index (χ2v) is 9.81. The van der Waals surface area contributed by atoms with Crippen molar-refractivity contribution in [1.82, 2.24) is 0 Å². The number of hydrogen-bond donors (Lipinski definition) is 4. The molecule has 2 aromatic rings. The summed E-state index contributed by atoms with van der Waals surface area (Å²) in [5.74, 6) is -6.82. The number of oxime groups is 1. The van der Waals surface area contributed by atoms with Crippen molar-refractivity contribution >= 4 is 29.5 Å². The number of phenols is 1. The number of carbonyl (C=O) groups excluding carboxylic acids is 4. The number of ether oxygens (including phenoxy) is 1. The number of Topliss-reactive ketones (excluding diaryl/α,β-unsaturated/α-hetero) is 3. The molecule has 1 saturated carbocycles. The molecule has 0 heterocycles. The number of methoxy groups -OCH3 is 1. The van der Waals surface area contributed by atoms with Crippen LogP contribution in [0.5, 0.6) is 11.5 Å². The average molecular weight is 539 g/mol. The third-order valence-electron chi connectivity index (χ3n) is 7.65. The molecule has 0 radical (unpaired) electrons. The van der Waals surface area contributed by atoms with E-state index in [1.165, 1.54) is 26.5 Å². The van der Waals surface area contributed by atoms with Gasteiger partial charge >= 0.3 is 0 Å². The molecule has 2 aliphatic carbocycles. The minimum absolute atomic E-state index is 0.0515. The summed E-state index contributed by atoms with van der Waals surface area (Å²) in [6.07, 6.45) is 0.738. The van der Waals surface area contributed by atoms with E-state index in [4.69, 9.17) is 15.3 Å². The Labute approximate surface area is 224 Å². The summed E-state index contributed by atoms with van der Waals surface area (Å²) in [5, 5.41) is 35.5. The Balaban J connectivity index is 1.85. The first-order chi connectivity index (χ1) is 18.6. The molecular formula is C28H30N2O9. The van der Waals surface area contributed by atoms with Gasteiger partial charge in [-0.05, 0) is 66.1 Å². The van der Waals surface area contributed by atoms with E-state index in [2.05, 4.69) is 5.16 Å². The maximum absolute atomic E-state index is 13.8. The van der Waals surface area contributed by atoms with Gasteiger partial charge in [0, 0.05) is 18.1 Å². The van der Waals surface area contributed by atoms with Gasteiger partial charge in [0.15, 0.2) is 23.0 Å². The lowest BCUT2D eigenvalue weighted by Crippen LogP contribution is -2.63. The third kappa shape index (κ3) is 4.79. The van der Waals surface area contributed by atoms with Crippen molar-refractivity contribution in [3.8, 4) is 22.6 Å². The SMILES string of the molecule is CO/N=C\c1ccc(OC)c(-c2ccc(O)c3c2C[C@H]2C[C@@H](CCO)[C@@](O)(C(=O)CC(N)=O)C(=O)C2C3=O)c1. The van der Waals surface area contributed by atoms with E-state index in [9.17, 15) is 34.5 Å². The fraction of sp³-hybridized carbons (Fsp3) is 0.393. The van der Waals surface area contributed by atoms with Gasteiger partial charge in [-0.1, -0.05) is 11.2 Å². The second kappa shape index (κ2) is 11.0. The fourth-order valence-corrected chi connectivity index (χ4v) is 5.92. The lowest BCUT2D eigenvalue weighted by molar-refractivity contribution is -0.167. The smallest absolute Gasteiger partial charge is 0.225 e. The molecule has 4 atom stereocenters. The van der Waals surface area contributed by atoms with Crippen LogP contribution < -0.4 is 10.5 Å². The Morgan fingerprint density at radius 3 is 2.56 bits per heavy atom. The number of nitrogens with zero attached hydrogens (tertiary/aromatic N) is 1. The molecule has 39 heavy (non-hydrogen) atoms. The predicted molar refractivity (Wildman–Crippen MR) is 138 cm³/mol. The summed E-state index contributed by atoms with van der Waals surface area (Å²) in [6.45, 7) is -0.426. The fourth-order valence-electron chi connectivity index (χ4n) is 5.92. The van der Waals surface area contributed by atoms with Gasteiger partial charge in [-0.3, -0.25) is 19.2 Å². The zero-order valence-corrected chi connectivity index (χ0v) is 21.5. The number of ketones is 3. The van der Waals surface area contributed by atoms with Crippen molar-refractivity contribution in [2.45, 2.75) is 31.3 Å². The van der Waals surface area contributed by atoms with E-state index in [1.807, 2.05) is 0 Å². The Bertz CT molecular complexity index is 1370. The molecule has 2 aromatic carbocycles. The summed E-state index contributed by atoms with van der Waals surface area (Å²) in [4.78, 5) is 56.6. The van der Waals surface area contributed by atoms with Crippen molar-refractivity contribution in [3.63, 3.8) is 0 Å². The van der Waals surface area contributed by atoms with Crippen LogP contribution in [0.1, 0.15) is 40.7 Å². The normalized spacial score (nSPS) is 24.3. The number of primary amides is 1.